The van der Waals surface area contributed by atoms with E-state index in [0.29, 0.717) is 5.11 Å². The lowest BCUT2D eigenvalue weighted by molar-refractivity contribution is 0.174. The third-order valence-electron chi connectivity index (χ3n) is 4.28. The Morgan fingerprint density at radius 3 is 2.62 bits per heavy atom. The molecule has 1 heterocycles. The van der Waals surface area contributed by atoms with Gasteiger partial charge in [-0.05, 0) is 61.3 Å². The van der Waals surface area contributed by atoms with Crippen molar-refractivity contribution >= 4 is 23.0 Å². The number of rotatable bonds is 4. The first-order valence-electron chi connectivity index (χ1n) is 8.11. The van der Waals surface area contributed by atoms with Gasteiger partial charge in [0.1, 0.15) is 0 Å². The minimum Gasteiger partial charge on any atom is -0.454 e. The summed E-state index contributed by atoms with van der Waals surface area (Å²) in [6.45, 7) is 6.68. The van der Waals surface area contributed by atoms with Gasteiger partial charge in [-0.2, -0.15) is 0 Å². The standard InChI is InChI=1S/C19H22N2O2S/c1-4-16(14-6-5-12(2)13(3)9-14)21-19(24)20-15-7-8-17-18(10-15)23-11-22-17/h5-10,16H,4,11H2,1-3H3,(H2,20,21,24)/t16-/m0/s1. The highest BCUT2D eigenvalue weighted by Gasteiger charge is 2.15. The van der Waals surface area contributed by atoms with Crippen LogP contribution in [0.25, 0.3) is 0 Å². The number of benzene rings is 2. The molecular weight excluding hydrogens is 320 g/mol. The molecule has 1 aliphatic rings. The van der Waals surface area contributed by atoms with E-state index in [2.05, 4.69) is 49.6 Å². The molecular formula is C19H22N2O2S. The number of ether oxygens (including phenoxy) is 2. The van der Waals surface area contributed by atoms with Gasteiger partial charge < -0.3 is 20.1 Å². The number of thiocarbonyl (C=S) groups is 1. The maximum absolute atomic E-state index is 5.47. The summed E-state index contributed by atoms with van der Waals surface area (Å²) in [5.41, 5.74) is 4.72. The second-order valence-electron chi connectivity index (χ2n) is 5.97. The van der Waals surface area contributed by atoms with Crippen molar-refractivity contribution in [3.8, 4) is 11.5 Å². The quantitative estimate of drug-likeness (QED) is 0.803. The van der Waals surface area contributed by atoms with Crippen molar-refractivity contribution in [2.24, 2.45) is 0 Å². The van der Waals surface area contributed by atoms with E-state index in [1.54, 1.807) is 0 Å². The van der Waals surface area contributed by atoms with E-state index < -0.39 is 0 Å². The molecule has 2 aromatic rings. The van der Waals surface area contributed by atoms with Crippen molar-refractivity contribution in [2.45, 2.75) is 33.2 Å². The SMILES string of the molecule is CC[C@H](NC(=S)Nc1ccc2c(c1)OCO2)c1ccc(C)c(C)c1. The highest BCUT2D eigenvalue weighted by Crippen LogP contribution is 2.34. The van der Waals surface area contributed by atoms with Gasteiger partial charge in [-0.15, -0.1) is 0 Å². The Morgan fingerprint density at radius 2 is 1.88 bits per heavy atom. The predicted octanol–water partition coefficient (Wildman–Crippen LogP) is 4.47. The molecule has 0 radical (unpaired) electrons. The Kier molecular flexibility index (Phi) is 4.90. The first-order chi connectivity index (χ1) is 11.6. The van der Waals surface area contributed by atoms with Crippen LogP contribution in [-0.2, 0) is 0 Å². The number of hydrogen-bond acceptors (Lipinski definition) is 3. The van der Waals surface area contributed by atoms with Crippen LogP contribution in [0.3, 0.4) is 0 Å². The maximum atomic E-state index is 5.47. The van der Waals surface area contributed by atoms with Crippen LogP contribution in [0, 0.1) is 13.8 Å². The molecule has 24 heavy (non-hydrogen) atoms. The van der Waals surface area contributed by atoms with Crippen LogP contribution >= 0.6 is 12.2 Å². The maximum Gasteiger partial charge on any atom is 0.231 e. The van der Waals surface area contributed by atoms with Crippen LogP contribution in [0.4, 0.5) is 5.69 Å². The Morgan fingerprint density at radius 1 is 1.08 bits per heavy atom. The van der Waals surface area contributed by atoms with Crippen LogP contribution in [0.15, 0.2) is 36.4 Å². The van der Waals surface area contributed by atoms with Crippen molar-refractivity contribution < 1.29 is 9.47 Å². The van der Waals surface area contributed by atoms with Gasteiger partial charge in [0, 0.05) is 11.8 Å². The third kappa shape index (κ3) is 3.62. The normalized spacial score (nSPS) is 13.5. The molecule has 0 amide bonds. The molecule has 4 nitrogen and oxygen atoms in total. The average Bonchev–Trinajstić information content (AvgIpc) is 3.03. The lowest BCUT2D eigenvalue weighted by Crippen LogP contribution is -2.32. The van der Waals surface area contributed by atoms with Crippen molar-refractivity contribution in [3.63, 3.8) is 0 Å². The van der Waals surface area contributed by atoms with Gasteiger partial charge in [-0.3, -0.25) is 0 Å². The van der Waals surface area contributed by atoms with Crippen LogP contribution < -0.4 is 20.1 Å². The first-order valence-corrected chi connectivity index (χ1v) is 8.52. The highest BCUT2D eigenvalue weighted by molar-refractivity contribution is 7.80. The molecule has 3 rings (SSSR count). The van der Waals surface area contributed by atoms with Crippen molar-refractivity contribution in [1.29, 1.82) is 0 Å². The summed E-state index contributed by atoms with van der Waals surface area (Å²) in [7, 11) is 0. The second kappa shape index (κ2) is 7.09. The molecule has 0 spiro atoms. The van der Waals surface area contributed by atoms with Gasteiger partial charge in [-0.25, -0.2) is 0 Å². The monoisotopic (exact) mass is 342 g/mol. The molecule has 126 valence electrons. The van der Waals surface area contributed by atoms with Crippen molar-refractivity contribution in [2.75, 3.05) is 12.1 Å². The smallest absolute Gasteiger partial charge is 0.231 e. The van der Waals surface area contributed by atoms with Crippen LogP contribution in [0.1, 0.15) is 36.1 Å². The average molecular weight is 342 g/mol. The molecule has 0 unspecified atom stereocenters. The topological polar surface area (TPSA) is 42.5 Å². The van der Waals surface area contributed by atoms with Crippen molar-refractivity contribution in [3.05, 3.63) is 53.1 Å². The van der Waals surface area contributed by atoms with E-state index in [1.165, 1.54) is 16.7 Å². The van der Waals surface area contributed by atoms with Gasteiger partial charge in [0.15, 0.2) is 16.6 Å². The number of anilines is 1. The number of aryl methyl sites for hydroxylation is 2. The minimum atomic E-state index is 0.179. The second-order valence-corrected chi connectivity index (χ2v) is 6.38. The molecule has 0 aliphatic carbocycles. The van der Waals surface area contributed by atoms with Gasteiger partial charge in [-0.1, -0.05) is 25.1 Å². The Balaban J connectivity index is 1.67. The third-order valence-corrected chi connectivity index (χ3v) is 4.50. The molecule has 2 N–H and O–H groups in total. The molecule has 1 atom stereocenters. The van der Waals surface area contributed by atoms with E-state index in [9.17, 15) is 0 Å². The molecule has 5 heteroatoms. The minimum absolute atomic E-state index is 0.179. The summed E-state index contributed by atoms with van der Waals surface area (Å²) < 4.78 is 10.7. The molecule has 0 saturated carbocycles. The molecule has 1 aliphatic heterocycles. The number of nitrogens with one attached hydrogen (secondary N) is 2. The van der Waals surface area contributed by atoms with Crippen molar-refractivity contribution in [1.82, 2.24) is 5.32 Å². The first kappa shape index (κ1) is 16.6. The Hall–Kier alpha value is -2.27. The number of hydrogen-bond donors (Lipinski definition) is 2. The van der Waals surface area contributed by atoms with E-state index in [0.717, 1.165) is 23.6 Å². The van der Waals surface area contributed by atoms with Crippen LogP contribution in [-0.4, -0.2) is 11.9 Å². The lowest BCUT2D eigenvalue weighted by Gasteiger charge is -2.21. The fraction of sp³-hybridized carbons (Fsp3) is 0.316. The van der Waals surface area contributed by atoms with E-state index in [1.807, 2.05) is 18.2 Å². The van der Waals surface area contributed by atoms with E-state index >= 15 is 0 Å². The summed E-state index contributed by atoms with van der Waals surface area (Å²) in [5, 5.41) is 7.21. The summed E-state index contributed by atoms with van der Waals surface area (Å²) in [5.74, 6) is 1.50. The fourth-order valence-electron chi connectivity index (χ4n) is 2.70. The molecule has 0 fully saturated rings. The zero-order valence-corrected chi connectivity index (χ0v) is 15.0. The zero-order chi connectivity index (χ0) is 17.1. The summed E-state index contributed by atoms with van der Waals surface area (Å²) in [4.78, 5) is 0. The van der Waals surface area contributed by atoms with Gasteiger partial charge >= 0.3 is 0 Å². The zero-order valence-electron chi connectivity index (χ0n) is 14.2. The fourth-order valence-corrected chi connectivity index (χ4v) is 2.96. The Labute approximate surface area is 148 Å². The molecule has 0 aromatic heterocycles. The van der Waals surface area contributed by atoms with Gasteiger partial charge in [0.25, 0.3) is 0 Å². The summed E-state index contributed by atoms with van der Waals surface area (Å²) in [6, 6.07) is 12.4. The largest absolute Gasteiger partial charge is 0.454 e. The van der Waals surface area contributed by atoms with Gasteiger partial charge in [0.05, 0.1) is 6.04 Å². The highest BCUT2D eigenvalue weighted by atomic mass is 32.1. The lowest BCUT2D eigenvalue weighted by atomic mass is 9.99. The predicted molar refractivity (Wildman–Crippen MR) is 101 cm³/mol. The summed E-state index contributed by atoms with van der Waals surface area (Å²) >= 11 is 5.47. The van der Waals surface area contributed by atoms with Crippen LogP contribution in [0.2, 0.25) is 0 Å². The van der Waals surface area contributed by atoms with E-state index in [-0.39, 0.29) is 12.8 Å². The van der Waals surface area contributed by atoms with E-state index in [4.69, 9.17) is 21.7 Å². The van der Waals surface area contributed by atoms with Crippen LogP contribution in [0.5, 0.6) is 11.5 Å². The molecule has 0 saturated heterocycles. The molecule has 2 aromatic carbocycles. The molecule has 0 bridgehead atoms. The van der Waals surface area contributed by atoms with Gasteiger partial charge in [0.2, 0.25) is 6.79 Å². The Bertz CT molecular complexity index is 761. The number of fused-ring (bicyclic) bond motifs is 1. The summed E-state index contributed by atoms with van der Waals surface area (Å²) in [6.07, 6.45) is 0.950.